The average molecular weight is 353 g/mol. The Hall–Kier alpha value is -1.78. The maximum atomic E-state index is 12.6. The maximum absolute atomic E-state index is 12.6. The zero-order valence-corrected chi connectivity index (χ0v) is 15.3. The van der Waals surface area contributed by atoms with Crippen LogP contribution in [-0.2, 0) is 0 Å². The smallest absolute Gasteiger partial charge is 0.164 e. The molecule has 0 unspecified atom stereocenters. The third kappa shape index (κ3) is 3.91. The van der Waals surface area contributed by atoms with Crippen LogP contribution >= 0.6 is 11.8 Å². The predicted molar refractivity (Wildman–Crippen MR) is 104 cm³/mol. The molecule has 2 aromatic rings. The van der Waals surface area contributed by atoms with Gasteiger partial charge in [-0.1, -0.05) is 42.8 Å². The molecule has 2 aromatic carbocycles. The van der Waals surface area contributed by atoms with Crippen molar-refractivity contribution < 1.29 is 4.79 Å². The summed E-state index contributed by atoms with van der Waals surface area (Å²) in [4.78, 5) is 17.5. The molecule has 3 nitrogen and oxygen atoms in total. The van der Waals surface area contributed by atoms with Gasteiger partial charge in [-0.3, -0.25) is 4.79 Å². The van der Waals surface area contributed by atoms with E-state index in [1.54, 1.807) is 11.8 Å². The van der Waals surface area contributed by atoms with E-state index >= 15 is 0 Å². The second kappa shape index (κ2) is 7.63. The van der Waals surface area contributed by atoms with Gasteiger partial charge in [0.05, 0.1) is 11.4 Å². The van der Waals surface area contributed by atoms with Crippen molar-refractivity contribution in [3.05, 3.63) is 48.0 Å². The van der Waals surface area contributed by atoms with Gasteiger partial charge >= 0.3 is 0 Å². The summed E-state index contributed by atoms with van der Waals surface area (Å²) in [5.74, 6) is 0.248. The minimum Gasteiger partial charge on any atom is -0.354 e. The Bertz CT molecular complexity index is 766. The highest BCUT2D eigenvalue weighted by Gasteiger charge is 2.18. The van der Waals surface area contributed by atoms with Crippen molar-refractivity contribution in [1.82, 2.24) is 4.90 Å². The molecule has 130 valence electrons. The van der Waals surface area contributed by atoms with Gasteiger partial charge in [0.1, 0.15) is 0 Å². The lowest BCUT2D eigenvalue weighted by atomic mass is 10.1. The van der Waals surface area contributed by atoms with Gasteiger partial charge in [-0.05, 0) is 50.2 Å². The van der Waals surface area contributed by atoms with Gasteiger partial charge in [0.25, 0.3) is 0 Å². The Labute approximate surface area is 153 Å². The molecule has 1 saturated heterocycles. The van der Waals surface area contributed by atoms with Crippen LogP contribution in [-0.4, -0.2) is 30.3 Å². The van der Waals surface area contributed by atoms with E-state index in [0.29, 0.717) is 6.42 Å². The molecule has 0 bridgehead atoms. The molecule has 4 heteroatoms. The van der Waals surface area contributed by atoms with Crippen molar-refractivity contribution in [2.75, 3.05) is 25.0 Å². The summed E-state index contributed by atoms with van der Waals surface area (Å²) in [6.07, 6.45) is 5.82. The molecule has 0 aliphatic carbocycles. The van der Waals surface area contributed by atoms with E-state index in [-0.39, 0.29) is 5.78 Å². The van der Waals surface area contributed by atoms with Gasteiger partial charge < -0.3 is 10.2 Å². The van der Waals surface area contributed by atoms with Gasteiger partial charge in [-0.25, -0.2) is 0 Å². The van der Waals surface area contributed by atoms with Crippen LogP contribution in [0.5, 0.6) is 0 Å². The van der Waals surface area contributed by atoms with E-state index in [2.05, 4.69) is 34.5 Å². The predicted octanol–water partition coefficient (Wildman–Crippen LogP) is 5.34. The van der Waals surface area contributed by atoms with E-state index < -0.39 is 0 Å². The number of rotatable bonds is 4. The van der Waals surface area contributed by atoms with Crippen LogP contribution in [0.4, 0.5) is 11.4 Å². The Morgan fingerprint density at radius 1 is 0.960 bits per heavy atom. The standard InChI is InChI=1S/C21H24N2OS/c24-19(11-14-23-12-5-1-2-6-13-23)16-9-10-21-18(15-16)22-17-7-3-4-8-20(17)25-21/h3-4,7-10,15,22H,1-2,5-6,11-14H2. The van der Waals surface area contributed by atoms with E-state index in [0.717, 1.165) is 36.6 Å². The minimum atomic E-state index is 0.248. The molecular formula is C21H24N2OS. The molecule has 1 fully saturated rings. The van der Waals surface area contributed by atoms with Crippen molar-refractivity contribution in [3.8, 4) is 0 Å². The number of hydrogen-bond acceptors (Lipinski definition) is 4. The summed E-state index contributed by atoms with van der Waals surface area (Å²) in [5.41, 5.74) is 2.99. The Kier molecular flexibility index (Phi) is 5.09. The van der Waals surface area contributed by atoms with Crippen LogP contribution in [0, 0.1) is 0 Å². The van der Waals surface area contributed by atoms with Crippen LogP contribution in [0.3, 0.4) is 0 Å². The lowest BCUT2D eigenvalue weighted by Gasteiger charge is -2.21. The van der Waals surface area contributed by atoms with E-state index in [4.69, 9.17) is 0 Å². The molecule has 25 heavy (non-hydrogen) atoms. The summed E-state index contributed by atoms with van der Waals surface area (Å²) >= 11 is 1.76. The number of nitrogens with one attached hydrogen (secondary N) is 1. The van der Waals surface area contributed by atoms with E-state index in [1.807, 2.05) is 18.2 Å². The Balaban J connectivity index is 1.42. The van der Waals surface area contributed by atoms with Crippen LogP contribution in [0.2, 0.25) is 0 Å². The summed E-state index contributed by atoms with van der Waals surface area (Å²) in [6, 6.07) is 14.4. The first-order valence-corrected chi connectivity index (χ1v) is 10.0. The van der Waals surface area contributed by atoms with E-state index in [9.17, 15) is 4.79 Å². The topological polar surface area (TPSA) is 32.3 Å². The zero-order valence-electron chi connectivity index (χ0n) is 14.5. The van der Waals surface area contributed by atoms with Crippen molar-refractivity contribution in [3.63, 3.8) is 0 Å². The first-order chi connectivity index (χ1) is 12.3. The molecule has 0 radical (unpaired) electrons. The summed E-state index contributed by atoms with van der Waals surface area (Å²) in [7, 11) is 0. The first-order valence-electron chi connectivity index (χ1n) is 9.23. The minimum absolute atomic E-state index is 0.248. The van der Waals surface area contributed by atoms with Crippen molar-refractivity contribution in [2.24, 2.45) is 0 Å². The van der Waals surface area contributed by atoms with Crippen LogP contribution < -0.4 is 5.32 Å². The normalized spacial score (nSPS) is 17.1. The first kappa shape index (κ1) is 16.7. The number of ketones is 1. The van der Waals surface area contributed by atoms with Crippen LogP contribution in [0.25, 0.3) is 0 Å². The van der Waals surface area contributed by atoms with Gasteiger partial charge in [0, 0.05) is 28.3 Å². The van der Waals surface area contributed by atoms with E-state index in [1.165, 1.54) is 35.5 Å². The highest BCUT2D eigenvalue weighted by atomic mass is 32.2. The average Bonchev–Trinajstić information content (AvgIpc) is 2.92. The van der Waals surface area contributed by atoms with Gasteiger partial charge in [-0.2, -0.15) is 0 Å². The quantitative estimate of drug-likeness (QED) is 0.642. The Morgan fingerprint density at radius 2 is 1.72 bits per heavy atom. The number of benzene rings is 2. The molecular weight excluding hydrogens is 328 g/mol. The number of Topliss-reactive ketones (excluding diaryl/α,β-unsaturated/α-hetero) is 1. The molecule has 0 aromatic heterocycles. The lowest BCUT2D eigenvalue weighted by molar-refractivity contribution is 0.0965. The van der Waals surface area contributed by atoms with Crippen LogP contribution in [0.15, 0.2) is 52.3 Å². The fourth-order valence-corrected chi connectivity index (χ4v) is 4.54. The molecule has 2 aliphatic heterocycles. The number of carbonyl (C=O) groups excluding carboxylic acids is 1. The van der Waals surface area contributed by atoms with Gasteiger partial charge in [-0.15, -0.1) is 0 Å². The highest BCUT2D eigenvalue weighted by molar-refractivity contribution is 7.99. The molecule has 0 amide bonds. The molecule has 2 aliphatic rings. The largest absolute Gasteiger partial charge is 0.354 e. The highest BCUT2D eigenvalue weighted by Crippen LogP contribution is 2.44. The number of carbonyl (C=O) groups is 1. The molecule has 0 atom stereocenters. The number of likely N-dealkylation sites (tertiary alicyclic amines) is 1. The number of anilines is 2. The number of hydrogen-bond donors (Lipinski definition) is 1. The van der Waals surface area contributed by atoms with Crippen molar-refractivity contribution >= 4 is 28.9 Å². The second-order valence-corrected chi connectivity index (χ2v) is 7.95. The van der Waals surface area contributed by atoms with Crippen molar-refractivity contribution in [1.29, 1.82) is 0 Å². The number of fused-ring (bicyclic) bond motifs is 2. The molecule has 4 rings (SSSR count). The molecule has 0 saturated carbocycles. The number of nitrogens with zero attached hydrogens (tertiary/aromatic N) is 1. The van der Waals surface area contributed by atoms with Gasteiger partial charge in [0.15, 0.2) is 5.78 Å². The third-order valence-corrected chi connectivity index (χ3v) is 6.18. The summed E-state index contributed by atoms with van der Waals surface area (Å²) in [5, 5.41) is 3.47. The summed E-state index contributed by atoms with van der Waals surface area (Å²) < 4.78 is 0. The monoisotopic (exact) mass is 352 g/mol. The molecule has 2 heterocycles. The fraction of sp³-hybridized carbons (Fsp3) is 0.381. The van der Waals surface area contributed by atoms with Crippen LogP contribution in [0.1, 0.15) is 42.5 Å². The molecule has 1 N–H and O–H groups in total. The fourth-order valence-electron chi connectivity index (χ4n) is 3.58. The Morgan fingerprint density at radius 3 is 2.56 bits per heavy atom. The number of para-hydroxylation sites is 1. The lowest BCUT2D eigenvalue weighted by Crippen LogP contribution is -2.27. The zero-order chi connectivity index (χ0) is 17.1. The van der Waals surface area contributed by atoms with Crippen molar-refractivity contribution in [2.45, 2.75) is 41.9 Å². The summed E-state index contributed by atoms with van der Waals surface area (Å²) in [6.45, 7) is 3.18. The SMILES string of the molecule is O=C(CCN1CCCCCC1)c1ccc2c(c1)Nc1ccccc1S2. The maximum Gasteiger partial charge on any atom is 0.164 e. The molecule has 0 spiro atoms. The third-order valence-electron chi connectivity index (χ3n) is 5.03. The second-order valence-electron chi connectivity index (χ2n) is 6.86. The van der Waals surface area contributed by atoms with Gasteiger partial charge in [0.2, 0.25) is 0 Å².